The van der Waals surface area contributed by atoms with Gasteiger partial charge < -0.3 is 14.6 Å². The van der Waals surface area contributed by atoms with Crippen LogP contribution in [0, 0.1) is 17.6 Å². The molecule has 1 N–H and O–H groups in total. The molecule has 1 aliphatic rings. The summed E-state index contributed by atoms with van der Waals surface area (Å²) in [7, 11) is -2.50. The van der Waals surface area contributed by atoms with Crippen molar-refractivity contribution in [3.8, 4) is 5.75 Å². The lowest BCUT2D eigenvalue weighted by molar-refractivity contribution is -0.275. The second kappa shape index (κ2) is 9.50. The van der Waals surface area contributed by atoms with E-state index in [0.29, 0.717) is 17.7 Å². The van der Waals surface area contributed by atoms with E-state index < -0.39 is 51.5 Å². The molecule has 1 saturated heterocycles. The van der Waals surface area contributed by atoms with Crippen molar-refractivity contribution in [1.82, 2.24) is 13.9 Å². The number of nitrogens with zero attached hydrogens (tertiary/aromatic N) is 3. The maximum Gasteiger partial charge on any atom is 0.573 e. The molecule has 1 fully saturated rings. The standard InChI is InChI=1S/C22H19F5N4O4S/c1-30-11-20(28-12-30)36(33,34)31-9-16(13-2-4-14(23)5-3-13)17(10-31)21(32)29-15-6-7-18(24)19(8-15)35-22(25,26)27/h2-8,11-12,16-17H,9-10H2,1H3,(H,29,32). The summed E-state index contributed by atoms with van der Waals surface area (Å²) in [6.45, 7) is -0.408. The first kappa shape index (κ1) is 25.6. The predicted octanol–water partition coefficient (Wildman–Crippen LogP) is 3.64. The number of aromatic nitrogens is 2. The van der Waals surface area contributed by atoms with E-state index >= 15 is 0 Å². The molecule has 1 amide bonds. The van der Waals surface area contributed by atoms with Gasteiger partial charge in [0.15, 0.2) is 16.6 Å². The van der Waals surface area contributed by atoms with E-state index in [9.17, 15) is 35.2 Å². The van der Waals surface area contributed by atoms with Gasteiger partial charge in [0, 0.05) is 44.0 Å². The number of carbonyl (C=O) groups is 1. The van der Waals surface area contributed by atoms with Crippen LogP contribution in [0.3, 0.4) is 0 Å². The van der Waals surface area contributed by atoms with Gasteiger partial charge in [0.2, 0.25) is 5.91 Å². The van der Waals surface area contributed by atoms with Crippen molar-refractivity contribution in [1.29, 1.82) is 0 Å². The van der Waals surface area contributed by atoms with E-state index in [-0.39, 0.29) is 23.8 Å². The molecule has 2 heterocycles. The Kier molecular flexibility index (Phi) is 6.75. The maximum atomic E-state index is 13.8. The summed E-state index contributed by atoms with van der Waals surface area (Å²) in [5, 5.41) is 2.17. The molecule has 0 aliphatic carbocycles. The van der Waals surface area contributed by atoms with Crippen LogP contribution in [0.2, 0.25) is 0 Å². The number of halogens is 5. The largest absolute Gasteiger partial charge is 0.573 e. The van der Waals surface area contributed by atoms with Gasteiger partial charge in [-0.25, -0.2) is 22.2 Å². The van der Waals surface area contributed by atoms with Crippen LogP contribution in [-0.4, -0.2) is 47.6 Å². The highest BCUT2D eigenvalue weighted by Gasteiger charge is 2.44. The molecule has 36 heavy (non-hydrogen) atoms. The molecule has 4 rings (SSSR count). The number of benzene rings is 2. The molecule has 0 saturated carbocycles. The number of sulfonamides is 1. The minimum atomic E-state index is -5.15. The van der Waals surface area contributed by atoms with Gasteiger partial charge in [-0.15, -0.1) is 13.2 Å². The zero-order valence-electron chi connectivity index (χ0n) is 18.5. The van der Waals surface area contributed by atoms with Crippen LogP contribution in [0.5, 0.6) is 5.75 Å². The highest BCUT2D eigenvalue weighted by molar-refractivity contribution is 7.89. The molecule has 2 unspecified atom stereocenters. The molecule has 2 aromatic carbocycles. The summed E-state index contributed by atoms with van der Waals surface area (Å²) in [5.74, 6) is -5.41. The Labute approximate surface area is 202 Å². The molecule has 8 nitrogen and oxygen atoms in total. The van der Waals surface area contributed by atoms with Crippen LogP contribution in [0.1, 0.15) is 11.5 Å². The van der Waals surface area contributed by atoms with Crippen molar-refractivity contribution >= 4 is 21.6 Å². The molecule has 14 heteroatoms. The first-order chi connectivity index (χ1) is 16.8. The Hall–Kier alpha value is -3.52. The van der Waals surface area contributed by atoms with E-state index in [2.05, 4.69) is 15.0 Å². The van der Waals surface area contributed by atoms with Crippen molar-refractivity contribution in [2.75, 3.05) is 18.4 Å². The van der Waals surface area contributed by atoms with E-state index in [4.69, 9.17) is 0 Å². The van der Waals surface area contributed by atoms with E-state index in [0.717, 1.165) is 10.4 Å². The fourth-order valence-corrected chi connectivity index (χ4v) is 5.41. The first-order valence-corrected chi connectivity index (χ1v) is 11.9. The highest BCUT2D eigenvalue weighted by Crippen LogP contribution is 2.37. The molecule has 0 spiro atoms. The summed E-state index contributed by atoms with van der Waals surface area (Å²) < 4.78 is 97.3. The number of rotatable bonds is 6. The number of carbonyl (C=O) groups excluding carboxylic acids is 1. The SMILES string of the molecule is Cn1cnc(S(=O)(=O)N2CC(C(=O)Nc3ccc(F)c(OC(F)(F)F)c3)C(c3ccc(F)cc3)C2)c1. The van der Waals surface area contributed by atoms with Crippen LogP contribution in [0.15, 0.2) is 60.0 Å². The van der Waals surface area contributed by atoms with E-state index in [1.54, 1.807) is 7.05 Å². The van der Waals surface area contributed by atoms with Crippen molar-refractivity contribution < 1.29 is 39.9 Å². The van der Waals surface area contributed by atoms with Gasteiger partial charge in [-0.3, -0.25) is 4.79 Å². The maximum absolute atomic E-state index is 13.8. The Balaban J connectivity index is 1.62. The van der Waals surface area contributed by atoms with Crippen LogP contribution >= 0.6 is 0 Å². The fraction of sp³-hybridized carbons (Fsp3) is 0.273. The monoisotopic (exact) mass is 530 g/mol. The zero-order chi connectivity index (χ0) is 26.3. The second-order valence-electron chi connectivity index (χ2n) is 8.15. The Morgan fingerprint density at radius 3 is 2.42 bits per heavy atom. The number of ether oxygens (including phenoxy) is 1. The highest BCUT2D eigenvalue weighted by atomic mass is 32.2. The average Bonchev–Trinajstić information content (AvgIpc) is 3.43. The lowest BCUT2D eigenvalue weighted by Gasteiger charge is -2.19. The van der Waals surface area contributed by atoms with Crippen LogP contribution in [-0.2, 0) is 21.9 Å². The molecule has 1 aromatic heterocycles. The summed E-state index contributed by atoms with van der Waals surface area (Å²) in [6.07, 6.45) is -2.54. The van der Waals surface area contributed by atoms with Crippen LogP contribution in [0.4, 0.5) is 27.6 Å². The number of hydrogen-bond acceptors (Lipinski definition) is 5. The Morgan fingerprint density at radius 2 is 1.81 bits per heavy atom. The van der Waals surface area contributed by atoms with Crippen molar-refractivity contribution in [2.24, 2.45) is 13.0 Å². The van der Waals surface area contributed by atoms with Gasteiger partial charge in [0.05, 0.1) is 12.2 Å². The van der Waals surface area contributed by atoms with Gasteiger partial charge in [0.1, 0.15) is 5.82 Å². The predicted molar refractivity (Wildman–Crippen MR) is 116 cm³/mol. The molecule has 1 aliphatic heterocycles. The van der Waals surface area contributed by atoms with Gasteiger partial charge >= 0.3 is 6.36 Å². The molecule has 0 bridgehead atoms. The van der Waals surface area contributed by atoms with Crippen molar-refractivity contribution in [3.05, 3.63) is 72.2 Å². The van der Waals surface area contributed by atoms with Crippen LogP contribution in [0.25, 0.3) is 0 Å². The molecular formula is C22H19F5N4O4S. The number of amides is 1. The number of nitrogens with one attached hydrogen (secondary N) is 1. The Bertz CT molecular complexity index is 1380. The third-order valence-electron chi connectivity index (χ3n) is 5.63. The number of hydrogen-bond donors (Lipinski definition) is 1. The smallest absolute Gasteiger partial charge is 0.403 e. The third-order valence-corrected chi connectivity index (χ3v) is 7.35. The van der Waals surface area contributed by atoms with Crippen molar-refractivity contribution in [3.63, 3.8) is 0 Å². The minimum Gasteiger partial charge on any atom is -0.403 e. The fourth-order valence-electron chi connectivity index (χ4n) is 3.95. The lowest BCUT2D eigenvalue weighted by Crippen LogP contribution is -2.32. The zero-order valence-corrected chi connectivity index (χ0v) is 19.4. The lowest BCUT2D eigenvalue weighted by atomic mass is 9.88. The van der Waals surface area contributed by atoms with Crippen LogP contribution < -0.4 is 10.1 Å². The second-order valence-corrected chi connectivity index (χ2v) is 10.0. The molecule has 2 atom stereocenters. The topological polar surface area (TPSA) is 93.5 Å². The average molecular weight is 530 g/mol. The number of imidazole rings is 1. The molecule has 192 valence electrons. The Morgan fingerprint density at radius 1 is 1.11 bits per heavy atom. The van der Waals surface area contributed by atoms with Crippen molar-refractivity contribution in [2.45, 2.75) is 17.3 Å². The van der Waals surface area contributed by atoms with Gasteiger partial charge in [-0.1, -0.05) is 12.1 Å². The third kappa shape index (κ3) is 5.49. The molecular weight excluding hydrogens is 511 g/mol. The number of aryl methyl sites for hydroxylation is 1. The summed E-state index contributed by atoms with van der Waals surface area (Å²) in [5.41, 5.74) is 0.292. The van der Waals surface area contributed by atoms with E-state index in [1.807, 2.05) is 0 Å². The summed E-state index contributed by atoms with van der Waals surface area (Å²) >= 11 is 0. The summed E-state index contributed by atoms with van der Waals surface area (Å²) in [4.78, 5) is 17.0. The van der Waals surface area contributed by atoms with E-state index in [1.165, 1.54) is 41.4 Å². The van der Waals surface area contributed by atoms with Gasteiger partial charge in [0.25, 0.3) is 10.0 Å². The molecule has 3 aromatic rings. The first-order valence-electron chi connectivity index (χ1n) is 10.4. The van der Waals surface area contributed by atoms with Gasteiger partial charge in [-0.2, -0.15) is 4.31 Å². The number of alkyl halides is 3. The minimum absolute atomic E-state index is 0.130. The quantitative estimate of drug-likeness (QED) is 0.492. The normalized spacial score (nSPS) is 18.8. The summed E-state index contributed by atoms with van der Waals surface area (Å²) in [6, 6.07) is 7.59. The molecule has 0 radical (unpaired) electrons. The number of anilines is 1. The van der Waals surface area contributed by atoms with Gasteiger partial charge in [-0.05, 0) is 29.8 Å².